The van der Waals surface area contributed by atoms with Crippen LogP contribution in [0.4, 0.5) is 8.78 Å². The summed E-state index contributed by atoms with van der Waals surface area (Å²) < 4.78 is 28.0. The van der Waals surface area contributed by atoms with Gasteiger partial charge in [-0.1, -0.05) is 0 Å². The van der Waals surface area contributed by atoms with Crippen LogP contribution in [0.25, 0.3) is 0 Å². The van der Waals surface area contributed by atoms with E-state index in [1.165, 1.54) is 0 Å². The first-order chi connectivity index (χ1) is 7.45. The van der Waals surface area contributed by atoms with Gasteiger partial charge in [-0.05, 0) is 12.1 Å². The quantitative estimate of drug-likeness (QED) is 0.800. The number of carboxylic acid groups (broad SMARTS) is 1. The third-order valence-electron chi connectivity index (χ3n) is 1.66. The van der Waals surface area contributed by atoms with E-state index in [4.69, 9.17) is 10.4 Å². The number of alkyl halides is 2. The molecule has 0 aliphatic carbocycles. The van der Waals surface area contributed by atoms with Crippen LogP contribution in [0.3, 0.4) is 0 Å². The second kappa shape index (κ2) is 4.81. The van der Waals surface area contributed by atoms with Crippen molar-refractivity contribution < 1.29 is 23.4 Å². The molecule has 1 aromatic carbocycles. The Morgan fingerprint density at radius 2 is 2.19 bits per heavy atom. The van der Waals surface area contributed by atoms with Crippen LogP contribution in [-0.2, 0) is 0 Å². The molecule has 0 heterocycles. The lowest BCUT2D eigenvalue weighted by Crippen LogP contribution is -2.06. The van der Waals surface area contributed by atoms with Gasteiger partial charge in [0.05, 0.1) is 11.1 Å². The summed E-state index contributed by atoms with van der Waals surface area (Å²) in [5.74, 6) is -1.70. The summed E-state index contributed by atoms with van der Waals surface area (Å²) in [6.45, 7) is -3.09. The molecule has 0 saturated heterocycles. The zero-order valence-corrected chi connectivity index (χ0v) is 8.54. The highest BCUT2D eigenvalue weighted by Gasteiger charge is 2.16. The second-order valence-electron chi connectivity index (χ2n) is 2.66. The Morgan fingerprint density at radius 1 is 1.56 bits per heavy atom. The lowest BCUT2D eigenvalue weighted by molar-refractivity contribution is -0.0501. The molecule has 0 aromatic heterocycles. The molecule has 0 bridgehead atoms. The molecule has 1 rings (SSSR count). The Bertz CT molecular complexity index is 471. The molecule has 0 radical (unpaired) electrons. The number of hydrogen-bond donors (Lipinski definition) is 2. The summed E-state index contributed by atoms with van der Waals surface area (Å²) in [5, 5.41) is 17.3. The molecule has 0 fully saturated rings. The molecule has 0 saturated carbocycles. The number of hydrogen-bond acceptors (Lipinski definition) is 4. The van der Waals surface area contributed by atoms with E-state index in [1.54, 1.807) is 6.07 Å². The summed E-state index contributed by atoms with van der Waals surface area (Å²) in [6, 6.07) is 3.47. The lowest BCUT2D eigenvalue weighted by atomic mass is 10.1. The van der Waals surface area contributed by atoms with Crippen LogP contribution in [0, 0.1) is 11.3 Å². The van der Waals surface area contributed by atoms with Gasteiger partial charge in [0.1, 0.15) is 11.8 Å². The predicted octanol–water partition coefficient (Wildman–Crippen LogP) is 2.15. The first-order valence-electron chi connectivity index (χ1n) is 3.91. The second-order valence-corrected chi connectivity index (χ2v) is 3.14. The molecule has 0 amide bonds. The Balaban J connectivity index is 3.28. The third-order valence-corrected chi connectivity index (χ3v) is 2.03. The van der Waals surface area contributed by atoms with E-state index in [-0.39, 0.29) is 16.0 Å². The summed E-state index contributed by atoms with van der Waals surface area (Å²) in [4.78, 5) is 10.6. The summed E-state index contributed by atoms with van der Waals surface area (Å²) in [5.41, 5.74) is -0.531. The number of carboxylic acids is 1. The highest BCUT2D eigenvalue weighted by atomic mass is 32.1. The molecule has 84 valence electrons. The van der Waals surface area contributed by atoms with Crippen LogP contribution >= 0.6 is 12.6 Å². The number of aromatic carboxylic acids is 1. The fourth-order valence-electron chi connectivity index (χ4n) is 1.02. The average molecular weight is 245 g/mol. The smallest absolute Gasteiger partial charge is 0.387 e. The third kappa shape index (κ3) is 2.61. The summed E-state index contributed by atoms with van der Waals surface area (Å²) in [7, 11) is 0. The van der Waals surface area contributed by atoms with Gasteiger partial charge < -0.3 is 9.84 Å². The topological polar surface area (TPSA) is 70.3 Å². The SMILES string of the molecule is N#Cc1cc(C(=O)O)c(S)cc1OC(F)F. The van der Waals surface area contributed by atoms with Gasteiger partial charge in [0.15, 0.2) is 0 Å². The van der Waals surface area contributed by atoms with Crippen molar-refractivity contribution in [2.75, 3.05) is 0 Å². The van der Waals surface area contributed by atoms with Crippen molar-refractivity contribution in [3.63, 3.8) is 0 Å². The number of carbonyl (C=O) groups is 1. The number of halogens is 2. The predicted molar refractivity (Wildman–Crippen MR) is 52.0 cm³/mol. The molecule has 0 spiro atoms. The molecule has 7 heteroatoms. The van der Waals surface area contributed by atoms with Crippen LogP contribution < -0.4 is 4.74 Å². The van der Waals surface area contributed by atoms with Gasteiger partial charge in [0, 0.05) is 4.90 Å². The van der Waals surface area contributed by atoms with E-state index < -0.39 is 18.3 Å². The minimum atomic E-state index is -3.09. The van der Waals surface area contributed by atoms with E-state index in [0.717, 1.165) is 12.1 Å². The molecule has 4 nitrogen and oxygen atoms in total. The maximum Gasteiger partial charge on any atom is 0.387 e. The zero-order chi connectivity index (χ0) is 12.3. The number of benzene rings is 1. The van der Waals surface area contributed by atoms with Crippen molar-refractivity contribution in [3.8, 4) is 11.8 Å². The van der Waals surface area contributed by atoms with E-state index in [1.807, 2.05) is 0 Å². The van der Waals surface area contributed by atoms with E-state index in [0.29, 0.717) is 0 Å². The molecule has 0 unspecified atom stereocenters. The average Bonchev–Trinajstić information content (AvgIpc) is 2.16. The maximum absolute atomic E-state index is 12.0. The van der Waals surface area contributed by atoms with Crippen LogP contribution in [0.5, 0.6) is 5.75 Å². The Labute approximate surface area is 94.5 Å². The van der Waals surface area contributed by atoms with Crippen LogP contribution in [0.2, 0.25) is 0 Å². The van der Waals surface area contributed by atoms with Gasteiger partial charge in [0.25, 0.3) is 0 Å². The molecular weight excluding hydrogens is 240 g/mol. The van der Waals surface area contributed by atoms with Crippen molar-refractivity contribution in [2.24, 2.45) is 0 Å². The Kier molecular flexibility index (Phi) is 3.68. The van der Waals surface area contributed by atoms with Gasteiger partial charge in [0.2, 0.25) is 0 Å². The van der Waals surface area contributed by atoms with Gasteiger partial charge in [-0.2, -0.15) is 14.0 Å². The molecule has 1 aromatic rings. The van der Waals surface area contributed by atoms with Gasteiger partial charge >= 0.3 is 12.6 Å². The van der Waals surface area contributed by atoms with E-state index in [2.05, 4.69) is 17.4 Å². The van der Waals surface area contributed by atoms with Gasteiger partial charge in [-0.25, -0.2) is 4.79 Å². The van der Waals surface area contributed by atoms with Crippen molar-refractivity contribution in [1.82, 2.24) is 0 Å². The standard InChI is InChI=1S/C9H5F2NO3S/c10-9(11)15-6-2-7(16)5(8(13)14)1-4(6)3-12/h1-2,9,16H,(H,13,14). The van der Waals surface area contributed by atoms with Crippen LogP contribution in [0.1, 0.15) is 15.9 Å². The molecular formula is C9H5F2NO3S. The van der Waals surface area contributed by atoms with E-state index >= 15 is 0 Å². The molecule has 1 N–H and O–H groups in total. The number of nitrogens with zero attached hydrogens (tertiary/aromatic N) is 1. The monoisotopic (exact) mass is 245 g/mol. The number of rotatable bonds is 3. The summed E-state index contributed by atoms with van der Waals surface area (Å²) in [6.07, 6.45) is 0. The van der Waals surface area contributed by atoms with Crippen LogP contribution in [-0.4, -0.2) is 17.7 Å². The van der Waals surface area contributed by atoms with Gasteiger partial charge in [-0.15, -0.1) is 12.6 Å². The molecule has 0 aliphatic heterocycles. The highest BCUT2D eigenvalue weighted by Crippen LogP contribution is 2.27. The number of nitriles is 1. The van der Waals surface area contributed by atoms with Crippen molar-refractivity contribution in [1.29, 1.82) is 5.26 Å². The Morgan fingerprint density at radius 3 is 2.62 bits per heavy atom. The number of ether oxygens (including phenoxy) is 1. The number of thiol groups is 1. The molecule has 0 atom stereocenters. The lowest BCUT2D eigenvalue weighted by Gasteiger charge is -2.08. The minimum absolute atomic E-state index is 0.0536. The fourth-order valence-corrected chi connectivity index (χ4v) is 1.30. The maximum atomic E-state index is 12.0. The minimum Gasteiger partial charge on any atom is -0.478 e. The zero-order valence-electron chi connectivity index (χ0n) is 7.65. The van der Waals surface area contributed by atoms with Crippen molar-refractivity contribution >= 4 is 18.6 Å². The first kappa shape index (κ1) is 12.3. The molecule has 16 heavy (non-hydrogen) atoms. The van der Waals surface area contributed by atoms with Crippen LogP contribution in [0.15, 0.2) is 17.0 Å². The Hall–Kier alpha value is -1.81. The van der Waals surface area contributed by atoms with Crippen molar-refractivity contribution in [2.45, 2.75) is 11.5 Å². The highest BCUT2D eigenvalue weighted by molar-refractivity contribution is 7.80. The first-order valence-corrected chi connectivity index (χ1v) is 4.35. The summed E-state index contributed by atoms with van der Waals surface area (Å²) >= 11 is 3.80. The van der Waals surface area contributed by atoms with Crippen molar-refractivity contribution in [3.05, 3.63) is 23.3 Å². The largest absolute Gasteiger partial charge is 0.478 e. The van der Waals surface area contributed by atoms with Gasteiger partial charge in [-0.3, -0.25) is 0 Å². The normalized spacial score (nSPS) is 9.94. The van der Waals surface area contributed by atoms with E-state index in [9.17, 15) is 13.6 Å². The molecule has 0 aliphatic rings. The fraction of sp³-hybridized carbons (Fsp3) is 0.111.